The lowest BCUT2D eigenvalue weighted by Gasteiger charge is -2.32. The van der Waals surface area contributed by atoms with E-state index in [1.54, 1.807) is 28.7 Å². The number of thioether (sulfide) groups is 1. The van der Waals surface area contributed by atoms with Crippen molar-refractivity contribution in [3.63, 3.8) is 0 Å². The molecule has 9 heteroatoms. The third-order valence-corrected chi connectivity index (χ3v) is 7.72. The highest BCUT2D eigenvalue weighted by Crippen LogP contribution is 2.31. The van der Waals surface area contributed by atoms with E-state index >= 15 is 0 Å². The van der Waals surface area contributed by atoms with Gasteiger partial charge in [-0.25, -0.2) is 0 Å². The average molecular weight is 509 g/mol. The fourth-order valence-corrected chi connectivity index (χ4v) is 5.39. The van der Waals surface area contributed by atoms with E-state index in [-0.39, 0.29) is 17.7 Å². The van der Waals surface area contributed by atoms with Crippen molar-refractivity contribution >= 4 is 29.3 Å². The number of hydrogen-bond donors (Lipinski definition) is 3. The Morgan fingerprint density at radius 2 is 1.86 bits per heavy atom. The molecule has 0 unspecified atom stereocenters. The molecule has 1 atom stereocenters. The van der Waals surface area contributed by atoms with Crippen molar-refractivity contribution in [3.8, 4) is 11.1 Å². The van der Waals surface area contributed by atoms with Crippen molar-refractivity contribution in [2.45, 2.75) is 59.0 Å². The molecule has 3 aromatic rings. The quantitative estimate of drug-likeness (QED) is 0.385. The average Bonchev–Trinajstić information content (AvgIpc) is 3.48. The number of benzene rings is 1. The highest BCUT2D eigenvalue weighted by atomic mass is 32.2. The predicted molar refractivity (Wildman–Crippen MR) is 145 cm³/mol. The normalized spacial score (nSPS) is 18.6. The zero-order valence-corrected chi connectivity index (χ0v) is 22.3. The van der Waals surface area contributed by atoms with Gasteiger partial charge in [0.1, 0.15) is 11.7 Å². The standard InChI is InChI=1S/C27H36N6O2S/c1-17-5-7-21(8-6-17)25(30-26(34)23-13-14-28-33(23)15-16-36-4)27(35)29-22-11-9-20(10-12-22)24-18(2)31-32-19(24)3/h9-14,17,21,25H,5-8,15-16H2,1-4H3,(H,29,35)(H,30,34)(H,31,32)/t17-,21-,25-/m0/s1. The molecule has 0 saturated heterocycles. The van der Waals surface area contributed by atoms with Crippen LogP contribution in [0.1, 0.15) is 54.5 Å². The summed E-state index contributed by atoms with van der Waals surface area (Å²) in [6, 6.07) is 8.89. The third-order valence-electron chi connectivity index (χ3n) is 7.13. The van der Waals surface area contributed by atoms with Gasteiger partial charge >= 0.3 is 0 Å². The molecule has 1 aromatic carbocycles. The number of aryl methyl sites for hydroxylation is 3. The van der Waals surface area contributed by atoms with E-state index in [1.807, 2.05) is 44.4 Å². The molecule has 3 N–H and O–H groups in total. The van der Waals surface area contributed by atoms with Gasteiger partial charge in [0.05, 0.1) is 12.2 Å². The number of hydrogen-bond acceptors (Lipinski definition) is 5. The predicted octanol–water partition coefficient (Wildman–Crippen LogP) is 4.82. The smallest absolute Gasteiger partial charge is 0.270 e. The fraction of sp³-hybridized carbons (Fsp3) is 0.481. The SMILES string of the molecule is CSCCn1nccc1C(=O)N[C@H](C(=O)Nc1ccc(-c2c(C)n[nH]c2C)cc1)[C@H]1CC[C@H](C)CC1. The summed E-state index contributed by atoms with van der Waals surface area (Å²) in [7, 11) is 0. The molecule has 1 aliphatic rings. The molecule has 1 fully saturated rings. The first-order valence-corrected chi connectivity index (χ1v) is 14.0. The molecule has 192 valence electrons. The molecule has 0 bridgehead atoms. The minimum Gasteiger partial charge on any atom is -0.339 e. The lowest BCUT2D eigenvalue weighted by Crippen LogP contribution is -2.49. The molecule has 0 aliphatic heterocycles. The molecule has 36 heavy (non-hydrogen) atoms. The third kappa shape index (κ3) is 6.00. The number of anilines is 1. The van der Waals surface area contributed by atoms with Crippen LogP contribution < -0.4 is 10.6 Å². The van der Waals surface area contributed by atoms with Gasteiger partial charge < -0.3 is 10.6 Å². The minimum absolute atomic E-state index is 0.100. The van der Waals surface area contributed by atoms with Gasteiger partial charge in [-0.05, 0) is 68.5 Å². The topological polar surface area (TPSA) is 105 Å². The number of aromatic amines is 1. The van der Waals surface area contributed by atoms with Gasteiger partial charge in [0, 0.05) is 28.9 Å². The second-order valence-corrected chi connectivity index (χ2v) is 10.8. The Balaban J connectivity index is 1.50. The Morgan fingerprint density at radius 1 is 1.14 bits per heavy atom. The number of aromatic nitrogens is 4. The summed E-state index contributed by atoms with van der Waals surface area (Å²) in [6.07, 6.45) is 7.63. The van der Waals surface area contributed by atoms with Crippen LogP contribution in [0.25, 0.3) is 11.1 Å². The molecule has 2 heterocycles. The summed E-state index contributed by atoms with van der Waals surface area (Å²) in [5.41, 5.74) is 5.26. The van der Waals surface area contributed by atoms with Crippen LogP contribution in [0.5, 0.6) is 0 Å². The van der Waals surface area contributed by atoms with E-state index in [4.69, 9.17) is 0 Å². The Labute approximate surface area is 217 Å². The maximum Gasteiger partial charge on any atom is 0.270 e. The van der Waals surface area contributed by atoms with Gasteiger partial charge in [-0.2, -0.15) is 22.0 Å². The molecule has 2 amide bonds. The van der Waals surface area contributed by atoms with Gasteiger partial charge in [-0.1, -0.05) is 31.9 Å². The van der Waals surface area contributed by atoms with Crippen molar-refractivity contribution in [1.29, 1.82) is 0 Å². The van der Waals surface area contributed by atoms with Gasteiger partial charge in [0.2, 0.25) is 5.91 Å². The first-order valence-electron chi connectivity index (χ1n) is 12.6. The van der Waals surface area contributed by atoms with E-state index in [1.165, 1.54) is 0 Å². The molecule has 1 aliphatic carbocycles. The maximum absolute atomic E-state index is 13.5. The Morgan fingerprint density at radius 3 is 2.50 bits per heavy atom. The van der Waals surface area contributed by atoms with Crippen molar-refractivity contribution in [1.82, 2.24) is 25.3 Å². The minimum atomic E-state index is -0.605. The van der Waals surface area contributed by atoms with Crippen LogP contribution in [0, 0.1) is 25.7 Å². The Bertz CT molecular complexity index is 1160. The van der Waals surface area contributed by atoms with Crippen LogP contribution in [-0.4, -0.2) is 49.8 Å². The summed E-state index contributed by atoms with van der Waals surface area (Å²) >= 11 is 1.70. The molecule has 0 radical (unpaired) electrons. The van der Waals surface area contributed by atoms with Crippen molar-refractivity contribution in [3.05, 3.63) is 53.6 Å². The fourth-order valence-electron chi connectivity index (χ4n) is 5.03. The molecule has 4 rings (SSSR count). The highest BCUT2D eigenvalue weighted by Gasteiger charge is 2.33. The number of amides is 2. The number of carbonyl (C=O) groups excluding carboxylic acids is 2. The summed E-state index contributed by atoms with van der Waals surface area (Å²) in [4.78, 5) is 26.7. The van der Waals surface area contributed by atoms with Gasteiger partial charge in [0.25, 0.3) is 5.91 Å². The number of carbonyl (C=O) groups is 2. The van der Waals surface area contributed by atoms with Gasteiger partial charge in [-0.3, -0.25) is 19.4 Å². The first kappa shape index (κ1) is 26.0. The first-order chi connectivity index (χ1) is 17.4. The maximum atomic E-state index is 13.5. The second kappa shape index (κ2) is 11.8. The van der Waals surface area contributed by atoms with E-state index in [9.17, 15) is 9.59 Å². The number of nitrogens with one attached hydrogen (secondary N) is 3. The summed E-state index contributed by atoms with van der Waals surface area (Å²) < 4.78 is 1.71. The lowest BCUT2D eigenvalue weighted by atomic mass is 9.79. The van der Waals surface area contributed by atoms with Crippen molar-refractivity contribution < 1.29 is 9.59 Å². The lowest BCUT2D eigenvalue weighted by molar-refractivity contribution is -0.119. The zero-order chi connectivity index (χ0) is 25.7. The number of H-pyrrole nitrogens is 1. The molecule has 2 aromatic heterocycles. The molecule has 1 saturated carbocycles. The van der Waals surface area contributed by atoms with Gasteiger partial charge in [0.15, 0.2) is 0 Å². The van der Waals surface area contributed by atoms with Crippen LogP contribution in [0.2, 0.25) is 0 Å². The number of rotatable bonds is 9. The van der Waals surface area contributed by atoms with Gasteiger partial charge in [-0.15, -0.1) is 0 Å². The van der Waals surface area contributed by atoms with Crippen LogP contribution in [0.3, 0.4) is 0 Å². The summed E-state index contributed by atoms with van der Waals surface area (Å²) in [5.74, 6) is 1.18. The molecular weight excluding hydrogens is 472 g/mol. The van der Waals surface area contributed by atoms with E-state index < -0.39 is 6.04 Å². The van der Waals surface area contributed by atoms with E-state index in [0.717, 1.165) is 54.0 Å². The van der Waals surface area contributed by atoms with Crippen LogP contribution >= 0.6 is 11.8 Å². The van der Waals surface area contributed by atoms with Crippen LogP contribution in [-0.2, 0) is 11.3 Å². The van der Waals surface area contributed by atoms with Crippen LogP contribution in [0.15, 0.2) is 36.5 Å². The summed E-state index contributed by atoms with van der Waals surface area (Å²) in [6.45, 7) is 6.87. The van der Waals surface area contributed by atoms with Crippen LogP contribution in [0.4, 0.5) is 5.69 Å². The monoisotopic (exact) mass is 508 g/mol. The van der Waals surface area contributed by atoms with E-state index in [2.05, 4.69) is 32.9 Å². The van der Waals surface area contributed by atoms with Crippen molar-refractivity contribution in [2.75, 3.05) is 17.3 Å². The van der Waals surface area contributed by atoms with E-state index in [0.29, 0.717) is 23.8 Å². The molecule has 0 spiro atoms. The Hall–Kier alpha value is -3.07. The molecule has 8 nitrogen and oxygen atoms in total. The summed E-state index contributed by atoms with van der Waals surface area (Å²) in [5, 5.41) is 17.7. The second-order valence-electron chi connectivity index (χ2n) is 9.78. The zero-order valence-electron chi connectivity index (χ0n) is 21.5. The molecular formula is C27H36N6O2S. The highest BCUT2D eigenvalue weighted by molar-refractivity contribution is 7.98. The number of nitrogens with zero attached hydrogens (tertiary/aromatic N) is 3. The largest absolute Gasteiger partial charge is 0.339 e. The Kier molecular flexibility index (Phi) is 8.51. The van der Waals surface area contributed by atoms with Crippen molar-refractivity contribution in [2.24, 2.45) is 11.8 Å².